The van der Waals surface area contributed by atoms with Gasteiger partial charge in [-0.05, 0) is 6.42 Å². The predicted molar refractivity (Wildman–Crippen MR) is 59.5 cm³/mol. The summed E-state index contributed by atoms with van der Waals surface area (Å²) < 4.78 is 167. The van der Waals surface area contributed by atoms with Gasteiger partial charge in [0, 0.05) is 5.92 Å². The zero-order chi connectivity index (χ0) is 20.7. The number of hydrogen-bond donors (Lipinski definition) is 0. The van der Waals surface area contributed by atoms with E-state index >= 15 is 0 Å². The van der Waals surface area contributed by atoms with Crippen LogP contribution in [0, 0.1) is 5.92 Å². The van der Waals surface area contributed by atoms with Crippen molar-refractivity contribution < 1.29 is 57.1 Å². The van der Waals surface area contributed by atoms with Crippen molar-refractivity contribution in [2.24, 2.45) is 5.92 Å². The lowest BCUT2D eigenvalue weighted by Gasteiger charge is -2.41. The first-order chi connectivity index (χ1) is 10.7. The summed E-state index contributed by atoms with van der Waals surface area (Å²) in [6.45, 7) is 1.65. The molecule has 152 valence electrons. The number of unbranched alkanes of at least 4 members (excludes halogenated alkanes) is 1. The van der Waals surface area contributed by atoms with E-state index in [1.165, 1.54) is 6.92 Å². The molecule has 0 aromatic carbocycles. The van der Waals surface area contributed by atoms with Crippen LogP contribution in [0.4, 0.5) is 57.1 Å². The number of halogens is 13. The summed E-state index contributed by atoms with van der Waals surface area (Å²) >= 11 is 0. The lowest BCUT2D eigenvalue weighted by atomic mass is 9.86. The van der Waals surface area contributed by atoms with Gasteiger partial charge in [-0.1, -0.05) is 26.7 Å². The van der Waals surface area contributed by atoms with E-state index < -0.39 is 48.1 Å². The maximum atomic E-state index is 13.5. The first-order valence-electron chi connectivity index (χ1n) is 6.69. The lowest BCUT2D eigenvalue weighted by molar-refractivity contribution is -0.443. The van der Waals surface area contributed by atoms with Crippen LogP contribution >= 0.6 is 0 Å². The van der Waals surface area contributed by atoms with Crippen LogP contribution in [0.3, 0.4) is 0 Å². The van der Waals surface area contributed by atoms with Crippen molar-refractivity contribution in [3.8, 4) is 0 Å². The predicted octanol–water partition coefficient (Wildman–Crippen LogP) is 6.55. The highest BCUT2D eigenvalue weighted by Crippen LogP contribution is 2.61. The first kappa shape index (κ1) is 24.1. The van der Waals surface area contributed by atoms with Crippen LogP contribution in [0.15, 0.2) is 0 Å². The highest BCUT2D eigenvalue weighted by molar-refractivity contribution is 5.10. The van der Waals surface area contributed by atoms with E-state index in [2.05, 4.69) is 0 Å². The molecule has 0 spiro atoms. The van der Waals surface area contributed by atoms with E-state index in [0.29, 0.717) is 0 Å². The van der Waals surface area contributed by atoms with Crippen molar-refractivity contribution in [1.82, 2.24) is 0 Å². The Kier molecular flexibility index (Phi) is 6.43. The fraction of sp³-hybridized carbons (Fsp3) is 1.00. The van der Waals surface area contributed by atoms with E-state index in [-0.39, 0.29) is 19.8 Å². The minimum atomic E-state index is -7.82. The summed E-state index contributed by atoms with van der Waals surface area (Å²) in [6.07, 6.45) is -8.37. The van der Waals surface area contributed by atoms with E-state index in [1.54, 1.807) is 0 Å². The van der Waals surface area contributed by atoms with Crippen LogP contribution in [-0.4, -0.2) is 35.8 Å². The van der Waals surface area contributed by atoms with E-state index in [1.807, 2.05) is 0 Å². The van der Waals surface area contributed by atoms with Gasteiger partial charge in [0.05, 0.1) is 0 Å². The minimum absolute atomic E-state index is 0.116. The molecule has 0 rings (SSSR count). The summed E-state index contributed by atoms with van der Waals surface area (Å²) in [4.78, 5) is 0. The molecule has 0 aliphatic rings. The van der Waals surface area contributed by atoms with Crippen LogP contribution in [0.1, 0.15) is 33.1 Å². The third kappa shape index (κ3) is 3.51. The van der Waals surface area contributed by atoms with Gasteiger partial charge in [-0.25, -0.2) is 0 Å². The second-order valence-electron chi connectivity index (χ2n) is 5.46. The van der Waals surface area contributed by atoms with Gasteiger partial charge in [-0.3, -0.25) is 0 Å². The summed E-state index contributed by atoms with van der Waals surface area (Å²) in [6, 6.07) is 0. The molecular weight excluding hydrogens is 391 g/mol. The molecule has 0 aliphatic heterocycles. The molecule has 0 fully saturated rings. The fourth-order valence-corrected chi connectivity index (χ4v) is 1.78. The van der Waals surface area contributed by atoms with Crippen LogP contribution in [0.5, 0.6) is 0 Å². The lowest BCUT2D eigenvalue weighted by Crippen LogP contribution is -2.70. The topological polar surface area (TPSA) is 0 Å². The van der Waals surface area contributed by atoms with Gasteiger partial charge in [0.25, 0.3) is 0 Å². The van der Waals surface area contributed by atoms with E-state index in [4.69, 9.17) is 0 Å². The highest BCUT2D eigenvalue weighted by atomic mass is 19.4. The summed E-state index contributed by atoms with van der Waals surface area (Å²) in [5.74, 6) is -39.0. The third-order valence-corrected chi connectivity index (χ3v) is 3.57. The molecule has 1 atom stereocenters. The van der Waals surface area contributed by atoms with Gasteiger partial charge in [-0.2, -0.15) is 57.1 Å². The molecule has 0 amide bonds. The zero-order valence-corrected chi connectivity index (χ0v) is 12.6. The van der Waals surface area contributed by atoms with Crippen molar-refractivity contribution in [2.45, 2.75) is 68.9 Å². The Morgan fingerprint density at radius 1 is 0.600 bits per heavy atom. The standard InChI is InChI=1S/C12H13F13/c1-3-4-5-6(2)7(13,14)8(15,16)9(17,18)10(19,20)11(21,22)12(23,24)25/h6H,3-5H2,1-2H3. The fourth-order valence-electron chi connectivity index (χ4n) is 1.78. The average molecular weight is 404 g/mol. The Morgan fingerprint density at radius 2 is 0.960 bits per heavy atom. The minimum Gasteiger partial charge on any atom is -0.199 e. The van der Waals surface area contributed by atoms with Crippen molar-refractivity contribution in [3.05, 3.63) is 0 Å². The van der Waals surface area contributed by atoms with Gasteiger partial charge >= 0.3 is 35.8 Å². The molecule has 0 saturated heterocycles. The Morgan fingerprint density at radius 3 is 1.28 bits per heavy atom. The normalized spacial score (nSPS) is 16.9. The molecule has 1 unspecified atom stereocenters. The average Bonchev–Trinajstić information content (AvgIpc) is 2.42. The largest absolute Gasteiger partial charge is 0.460 e. The molecule has 0 bridgehead atoms. The van der Waals surface area contributed by atoms with Gasteiger partial charge < -0.3 is 0 Å². The quantitative estimate of drug-likeness (QED) is 0.403. The molecule has 25 heavy (non-hydrogen) atoms. The van der Waals surface area contributed by atoms with Gasteiger partial charge in [0.15, 0.2) is 0 Å². The molecule has 0 heterocycles. The van der Waals surface area contributed by atoms with Crippen LogP contribution < -0.4 is 0 Å². The Labute approximate surface area is 133 Å². The van der Waals surface area contributed by atoms with Gasteiger partial charge in [-0.15, -0.1) is 0 Å². The molecule has 0 nitrogen and oxygen atoms in total. The number of hydrogen-bond acceptors (Lipinski definition) is 0. The highest BCUT2D eigenvalue weighted by Gasteiger charge is 2.90. The molecule has 0 saturated carbocycles. The van der Waals surface area contributed by atoms with Crippen molar-refractivity contribution in [1.29, 1.82) is 0 Å². The molecule has 0 radical (unpaired) electrons. The Balaban J connectivity index is 6.11. The molecule has 0 aromatic heterocycles. The summed E-state index contributed by atoms with van der Waals surface area (Å²) in [5.41, 5.74) is 0. The smallest absolute Gasteiger partial charge is 0.199 e. The van der Waals surface area contributed by atoms with E-state index in [9.17, 15) is 57.1 Å². The zero-order valence-electron chi connectivity index (χ0n) is 12.6. The van der Waals surface area contributed by atoms with Gasteiger partial charge in [0.1, 0.15) is 0 Å². The summed E-state index contributed by atoms with van der Waals surface area (Å²) in [7, 11) is 0. The molecular formula is C12H13F13. The van der Waals surface area contributed by atoms with Crippen LogP contribution in [0.25, 0.3) is 0 Å². The van der Waals surface area contributed by atoms with Crippen molar-refractivity contribution in [3.63, 3.8) is 0 Å². The number of alkyl halides is 13. The Hall–Kier alpha value is -0.910. The number of rotatable bonds is 8. The maximum absolute atomic E-state index is 13.5. The van der Waals surface area contributed by atoms with Gasteiger partial charge in [0.2, 0.25) is 0 Å². The second kappa shape index (κ2) is 6.67. The second-order valence-corrected chi connectivity index (χ2v) is 5.46. The molecule has 0 aliphatic carbocycles. The SMILES string of the molecule is CCCCC(C)C(F)(F)C(F)(F)C(F)(F)C(F)(F)C(F)(F)C(F)(F)F. The Bertz CT molecular complexity index is 448. The van der Waals surface area contributed by atoms with Crippen LogP contribution in [-0.2, 0) is 0 Å². The molecule has 0 aromatic rings. The maximum Gasteiger partial charge on any atom is 0.460 e. The van der Waals surface area contributed by atoms with Crippen LogP contribution in [0.2, 0.25) is 0 Å². The monoisotopic (exact) mass is 404 g/mol. The van der Waals surface area contributed by atoms with Crippen molar-refractivity contribution >= 4 is 0 Å². The van der Waals surface area contributed by atoms with Crippen molar-refractivity contribution in [2.75, 3.05) is 0 Å². The molecule has 0 N–H and O–H groups in total. The third-order valence-electron chi connectivity index (χ3n) is 3.57. The first-order valence-corrected chi connectivity index (χ1v) is 6.69. The molecule has 13 heteroatoms. The van der Waals surface area contributed by atoms with E-state index in [0.717, 1.165) is 0 Å². The summed E-state index contributed by atoms with van der Waals surface area (Å²) in [5, 5.41) is 0.